The number of aryl methyl sites for hydroxylation is 1. The Morgan fingerprint density at radius 2 is 2.04 bits per heavy atom. The van der Waals surface area contributed by atoms with E-state index >= 15 is 0 Å². The minimum atomic E-state index is 0. The minimum absolute atomic E-state index is 0. The van der Waals surface area contributed by atoms with Gasteiger partial charge < -0.3 is 15.2 Å². The maximum Gasteiger partial charge on any atom is 0.191 e. The third-order valence-corrected chi connectivity index (χ3v) is 4.34. The van der Waals surface area contributed by atoms with Crippen LogP contribution in [-0.4, -0.2) is 33.8 Å². The Bertz CT molecular complexity index is 732. The van der Waals surface area contributed by atoms with Gasteiger partial charge in [-0.2, -0.15) is 0 Å². The highest BCUT2D eigenvalue weighted by Crippen LogP contribution is 2.21. The first-order valence-corrected chi connectivity index (χ1v) is 9.58. The van der Waals surface area contributed by atoms with Crippen molar-refractivity contribution in [3.05, 3.63) is 46.0 Å². The van der Waals surface area contributed by atoms with Crippen molar-refractivity contribution < 1.29 is 0 Å². The Kier molecular flexibility index (Phi) is 11.0. The van der Waals surface area contributed by atoms with E-state index in [1.54, 1.807) is 12.4 Å². The molecule has 1 heterocycles. The van der Waals surface area contributed by atoms with Crippen molar-refractivity contribution in [3.63, 3.8) is 0 Å². The molecule has 1 aromatic heterocycles. The van der Waals surface area contributed by atoms with E-state index in [0.29, 0.717) is 22.5 Å². The molecule has 0 radical (unpaired) electrons. The molecule has 0 atom stereocenters. The van der Waals surface area contributed by atoms with E-state index in [1.807, 2.05) is 16.7 Å². The van der Waals surface area contributed by atoms with Gasteiger partial charge in [-0.1, -0.05) is 50.0 Å². The molecule has 2 aromatic rings. The molecule has 27 heavy (non-hydrogen) atoms. The van der Waals surface area contributed by atoms with Crippen LogP contribution in [0.5, 0.6) is 0 Å². The summed E-state index contributed by atoms with van der Waals surface area (Å²) >= 11 is 12.2. The number of halogens is 3. The van der Waals surface area contributed by atoms with E-state index < -0.39 is 0 Å². The molecule has 0 saturated heterocycles. The van der Waals surface area contributed by atoms with Crippen LogP contribution in [0.25, 0.3) is 0 Å². The number of guanidine groups is 1. The lowest BCUT2D eigenvalue weighted by Crippen LogP contribution is -2.40. The number of hydrogen-bond donors (Lipinski definition) is 2. The Morgan fingerprint density at radius 1 is 1.26 bits per heavy atom. The van der Waals surface area contributed by atoms with Crippen LogP contribution in [0.2, 0.25) is 10.0 Å². The average molecular weight is 525 g/mol. The average Bonchev–Trinajstić information content (AvgIpc) is 3.05. The molecular weight excluding hydrogens is 498 g/mol. The Hall–Kier alpha value is -1.06. The van der Waals surface area contributed by atoms with Crippen LogP contribution in [0.15, 0.2) is 29.5 Å². The molecule has 0 aliphatic rings. The monoisotopic (exact) mass is 524 g/mol. The summed E-state index contributed by atoms with van der Waals surface area (Å²) < 4.78 is 2.04. The maximum atomic E-state index is 6.23. The molecular formula is C18H27Cl2IN6. The van der Waals surface area contributed by atoms with Crippen LogP contribution in [-0.2, 0) is 19.5 Å². The largest absolute Gasteiger partial charge is 0.356 e. The molecule has 150 valence electrons. The molecule has 0 bridgehead atoms. The Labute approximate surface area is 188 Å². The van der Waals surface area contributed by atoms with Crippen LogP contribution >= 0.6 is 47.2 Å². The summed E-state index contributed by atoms with van der Waals surface area (Å²) in [6.07, 6.45) is 2.62. The predicted molar refractivity (Wildman–Crippen MR) is 123 cm³/mol. The van der Waals surface area contributed by atoms with Crippen LogP contribution in [0.4, 0.5) is 0 Å². The van der Waals surface area contributed by atoms with Gasteiger partial charge in [0.05, 0.1) is 6.54 Å². The maximum absolute atomic E-state index is 6.23. The number of aliphatic imine (C=N–C) groups is 1. The van der Waals surface area contributed by atoms with Gasteiger partial charge in [-0.05, 0) is 23.6 Å². The van der Waals surface area contributed by atoms with Gasteiger partial charge in [0, 0.05) is 36.1 Å². The second-order valence-electron chi connectivity index (χ2n) is 6.40. The SMILES string of the molecule is CCc1nncn1CCNC(=NCc1ccc(Cl)cc1Cl)NCC(C)C.I. The highest BCUT2D eigenvalue weighted by molar-refractivity contribution is 14.0. The van der Waals surface area contributed by atoms with Gasteiger partial charge in [-0.25, -0.2) is 4.99 Å². The van der Waals surface area contributed by atoms with E-state index in [4.69, 9.17) is 23.2 Å². The van der Waals surface area contributed by atoms with Crippen molar-refractivity contribution in [3.8, 4) is 0 Å². The summed E-state index contributed by atoms with van der Waals surface area (Å²) in [6, 6.07) is 5.46. The van der Waals surface area contributed by atoms with Gasteiger partial charge in [0.25, 0.3) is 0 Å². The summed E-state index contributed by atoms with van der Waals surface area (Å²) in [5.41, 5.74) is 0.939. The van der Waals surface area contributed by atoms with Crippen LogP contribution in [0.3, 0.4) is 0 Å². The van der Waals surface area contributed by atoms with Gasteiger partial charge >= 0.3 is 0 Å². The first kappa shape index (κ1) is 24.0. The van der Waals surface area contributed by atoms with Crippen molar-refractivity contribution in [2.24, 2.45) is 10.9 Å². The normalized spacial score (nSPS) is 11.4. The quantitative estimate of drug-likeness (QED) is 0.309. The zero-order valence-corrected chi connectivity index (χ0v) is 19.7. The fraction of sp³-hybridized carbons (Fsp3) is 0.500. The predicted octanol–water partition coefficient (Wildman–Crippen LogP) is 4.16. The lowest BCUT2D eigenvalue weighted by atomic mass is 10.2. The highest BCUT2D eigenvalue weighted by atomic mass is 127. The van der Waals surface area contributed by atoms with Gasteiger partial charge in [0.1, 0.15) is 12.2 Å². The van der Waals surface area contributed by atoms with Gasteiger partial charge in [-0.3, -0.25) is 0 Å². The molecule has 2 N–H and O–H groups in total. The van der Waals surface area contributed by atoms with Crippen LogP contribution < -0.4 is 10.6 Å². The second kappa shape index (κ2) is 12.4. The van der Waals surface area contributed by atoms with Gasteiger partial charge in [0.2, 0.25) is 0 Å². The third-order valence-electron chi connectivity index (χ3n) is 3.76. The molecule has 0 saturated carbocycles. The number of nitrogens with zero attached hydrogens (tertiary/aromatic N) is 4. The zero-order valence-electron chi connectivity index (χ0n) is 15.9. The van der Waals surface area contributed by atoms with Crippen molar-refractivity contribution in [2.45, 2.75) is 40.3 Å². The number of rotatable bonds is 8. The lowest BCUT2D eigenvalue weighted by Gasteiger charge is -2.15. The first-order chi connectivity index (χ1) is 12.5. The molecule has 2 rings (SSSR count). The minimum Gasteiger partial charge on any atom is -0.356 e. The summed E-state index contributed by atoms with van der Waals surface area (Å²) in [6.45, 7) is 9.21. The Morgan fingerprint density at radius 3 is 2.70 bits per heavy atom. The fourth-order valence-electron chi connectivity index (χ4n) is 2.32. The fourth-order valence-corrected chi connectivity index (χ4v) is 2.79. The van der Waals surface area contributed by atoms with E-state index in [2.05, 4.69) is 46.6 Å². The molecule has 0 aliphatic heterocycles. The smallest absolute Gasteiger partial charge is 0.191 e. The summed E-state index contributed by atoms with van der Waals surface area (Å²) in [5.74, 6) is 2.26. The molecule has 0 amide bonds. The first-order valence-electron chi connectivity index (χ1n) is 8.82. The van der Waals surface area contributed by atoms with E-state index in [9.17, 15) is 0 Å². The number of aromatic nitrogens is 3. The molecule has 6 nitrogen and oxygen atoms in total. The van der Waals surface area contributed by atoms with Gasteiger partial charge in [0.15, 0.2) is 5.96 Å². The summed E-state index contributed by atoms with van der Waals surface area (Å²) in [4.78, 5) is 4.64. The lowest BCUT2D eigenvalue weighted by molar-refractivity contribution is 0.599. The number of benzene rings is 1. The molecule has 0 fully saturated rings. The molecule has 0 unspecified atom stereocenters. The van der Waals surface area contributed by atoms with Crippen LogP contribution in [0, 0.1) is 5.92 Å². The highest BCUT2D eigenvalue weighted by Gasteiger charge is 2.05. The van der Waals surface area contributed by atoms with Crippen molar-refractivity contribution in [1.29, 1.82) is 0 Å². The van der Waals surface area contributed by atoms with E-state index in [0.717, 1.165) is 43.4 Å². The number of nitrogens with one attached hydrogen (secondary N) is 2. The third kappa shape index (κ3) is 8.23. The Balaban J connectivity index is 0.00000364. The zero-order chi connectivity index (χ0) is 18.9. The van der Waals surface area contributed by atoms with Gasteiger partial charge in [-0.15, -0.1) is 34.2 Å². The molecule has 0 aliphatic carbocycles. The van der Waals surface area contributed by atoms with Crippen molar-refractivity contribution in [2.75, 3.05) is 13.1 Å². The van der Waals surface area contributed by atoms with Crippen molar-refractivity contribution >= 4 is 53.1 Å². The summed E-state index contributed by atoms with van der Waals surface area (Å²) in [7, 11) is 0. The second-order valence-corrected chi connectivity index (χ2v) is 7.24. The number of hydrogen-bond acceptors (Lipinski definition) is 3. The molecule has 9 heteroatoms. The topological polar surface area (TPSA) is 67.1 Å². The molecule has 1 aromatic carbocycles. The van der Waals surface area contributed by atoms with Crippen molar-refractivity contribution in [1.82, 2.24) is 25.4 Å². The molecule has 0 spiro atoms. The standard InChI is InChI=1S/C18H26Cl2N6.HI/c1-4-17-25-24-12-26(17)8-7-21-18(22-10-13(2)3)23-11-14-5-6-15(19)9-16(14)20;/h5-6,9,12-13H,4,7-8,10-11H2,1-3H3,(H2,21,22,23);1H. The van der Waals surface area contributed by atoms with Crippen LogP contribution in [0.1, 0.15) is 32.2 Å². The summed E-state index contributed by atoms with van der Waals surface area (Å²) in [5, 5.41) is 16.0. The van der Waals surface area contributed by atoms with E-state index in [-0.39, 0.29) is 24.0 Å². The van der Waals surface area contributed by atoms with E-state index in [1.165, 1.54) is 0 Å².